The Balaban J connectivity index is 1.01. The highest BCUT2D eigenvalue weighted by Crippen LogP contribution is 2.49. The van der Waals surface area contributed by atoms with E-state index in [1.165, 1.54) is 12.8 Å². The predicted octanol–water partition coefficient (Wildman–Crippen LogP) is 3.01. The van der Waals surface area contributed by atoms with Gasteiger partial charge in [-0.1, -0.05) is 17.1 Å². The Hall–Kier alpha value is -0.200. The van der Waals surface area contributed by atoms with E-state index in [2.05, 4.69) is 26.6 Å². The molecule has 0 amide bonds. The van der Waals surface area contributed by atoms with Crippen molar-refractivity contribution in [2.24, 2.45) is 11.8 Å². The lowest BCUT2D eigenvalue weighted by Crippen LogP contribution is -2.76. The molecule has 0 aromatic rings. The van der Waals surface area contributed by atoms with Crippen molar-refractivity contribution in [2.75, 3.05) is 19.7 Å². The minimum absolute atomic E-state index is 0.0652. The molecular weight excluding hydrogens is 628 g/mol. The number of nitrogens with zero attached hydrogens (tertiary/aromatic N) is 1. The molecule has 16 heteroatoms. The monoisotopic (exact) mass is 674 g/mol. The number of ether oxygens (including phenoxy) is 2. The fraction of sp³-hybridized carbons (Fsp3) is 1.00. The van der Waals surface area contributed by atoms with Crippen molar-refractivity contribution in [1.29, 1.82) is 0 Å². The standard InChI is InChI=1S/C28H47ClF4N6O4S/c29-21-13-17(5-7-22(21)30)35-26-36-25(37-27(38-26)42-15-28(31,32)33)34-16-9-11-39(12-10-16)44(40,41)18-6-8-24-20(14-18)19-3-1-2-4-23(19)43-24/h16-27,34-38H,1-15H2. The van der Waals surface area contributed by atoms with Gasteiger partial charge in [0, 0.05) is 31.6 Å². The molecule has 10 nitrogen and oxygen atoms in total. The molecule has 3 saturated heterocycles. The zero-order valence-corrected chi connectivity index (χ0v) is 26.5. The first-order valence-electron chi connectivity index (χ1n) is 16.4. The molecule has 12 unspecified atom stereocenters. The highest BCUT2D eigenvalue weighted by Gasteiger charge is 2.52. The van der Waals surface area contributed by atoms with E-state index in [4.69, 9.17) is 21.1 Å². The van der Waals surface area contributed by atoms with Crippen molar-refractivity contribution >= 4 is 22.0 Å². The Morgan fingerprint density at radius 1 is 0.886 bits per heavy atom. The predicted molar refractivity (Wildman–Crippen MR) is 156 cm³/mol. The number of halogens is 5. The minimum Gasteiger partial charge on any atom is -0.597 e. The van der Waals surface area contributed by atoms with Crippen LogP contribution in [0.25, 0.3) is 0 Å². The van der Waals surface area contributed by atoms with Gasteiger partial charge in [0.1, 0.15) is 41.0 Å². The second-order valence-corrected chi connectivity index (χ2v) is 16.3. The fourth-order valence-electron chi connectivity index (χ4n) is 8.31. The summed E-state index contributed by atoms with van der Waals surface area (Å²) in [4.78, 5) is 0. The molecule has 6 aliphatic rings. The second-order valence-electron chi connectivity index (χ2n) is 13.5. The topological polar surface area (TPSA) is 122 Å². The summed E-state index contributed by atoms with van der Waals surface area (Å²) in [6, 6.07) is -0.190. The summed E-state index contributed by atoms with van der Waals surface area (Å²) in [5.74, 6) is 0.825. The summed E-state index contributed by atoms with van der Waals surface area (Å²) in [7, 11) is -3.45. The van der Waals surface area contributed by atoms with Crippen molar-refractivity contribution in [3.8, 4) is 0 Å². The van der Waals surface area contributed by atoms with Gasteiger partial charge in [-0.2, -0.15) is 13.2 Å². The molecule has 3 aliphatic heterocycles. The van der Waals surface area contributed by atoms with Gasteiger partial charge >= 0.3 is 6.18 Å². The largest absolute Gasteiger partial charge is 0.597 e. The highest BCUT2D eigenvalue weighted by atomic mass is 35.5. The third-order valence-electron chi connectivity index (χ3n) is 10.6. The van der Waals surface area contributed by atoms with E-state index in [1.54, 1.807) is 4.31 Å². The summed E-state index contributed by atoms with van der Waals surface area (Å²) in [5, 5.41) is 14.8. The number of alkyl halides is 5. The van der Waals surface area contributed by atoms with Crippen LogP contribution in [0.1, 0.15) is 77.0 Å². The van der Waals surface area contributed by atoms with Gasteiger partial charge in [0.2, 0.25) is 0 Å². The first kappa shape index (κ1) is 33.7. The van der Waals surface area contributed by atoms with Gasteiger partial charge in [-0.25, -0.2) is 4.39 Å². The van der Waals surface area contributed by atoms with Gasteiger partial charge in [0.25, 0.3) is 0 Å². The third kappa shape index (κ3) is 8.08. The van der Waals surface area contributed by atoms with E-state index in [0.29, 0.717) is 76.0 Å². The van der Waals surface area contributed by atoms with Crippen LogP contribution in [0.2, 0.25) is 0 Å². The second kappa shape index (κ2) is 14.1. The van der Waals surface area contributed by atoms with Crippen LogP contribution in [0, 0.1) is 11.8 Å². The number of fused-ring (bicyclic) bond motifs is 3. The van der Waals surface area contributed by atoms with Gasteiger partial charge in [0.05, 0.1) is 17.6 Å². The van der Waals surface area contributed by atoms with Crippen LogP contribution in [0.3, 0.4) is 0 Å². The quantitative estimate of drug-likeness (QED) is 0.150. The zero-order chi connectivity index (χ0) is 31.1. The molecule has 0 aromatic heterocycles. The first-order chi connectivity index (χ1) is 20.9. The van der Waals surface area contributed by atoms with Crippen LogP contribution in [0.4, 0.5) is 17.6 Å². The van der Waals surface area contributed by atoms with E-state index < -0.39 is 53.7 Å². The molecule has 12 atom stereocenters. The maximum atomic E-state index is 13.9. The summed E-state index contributed by atoms with van der Waals surface area (Å²) in [6.07, 6.45) is 1.71. The van der Waals surface area contributed by atoms with Crippen LogP contribution < -0.4 is 26.6 Å². The van der Waals surface area contributed by atoms with E-state index in [9.17, 15) is 26.3 Å². The molecule has 6 fully saturated rings. The number of piperidine rings is 1. The minimum atomic E-state index is -4.49. The molecule has 3 heterocycles. The SMILES string of the molecule is O=[S+]([O-])(C1CCC2OC3CCCCC3C2C1)N1CCC(NC2NC(NC3CCC(F)C(Cl)C3)NC(OCC(F)(F)F)N2)CC1. The Labute approximate surface area is 263 Å². The van der Waals surface area contributed by atoms with Crippen LogP contribution in [-0.2, 0) is 24.1 Å². The average molecular weight is 675 g/mol. The zero-order valence-electron chi connectivity index (χ0n) is 24.9. The Bertz CT molecular complexity index is 1020. The number of nitrogens with one attached hydrogen (secondary N) is 5. The molecule has 5 N–H and O–H groups in total. The highest BCUT2D eigenvalue weighted by molar-refractivity contribution is 7.96. The maximum absolute atomic E-state index is 13.9. The Kier molecular flexibility index (Phi) is 10.8. The number of hydrogen-bond acceptors (Lipinski definition) is 9. The lowest BCUT2D eigenvalue weighted by atomic mass is 9.73. The number of sulfonamides is 1. The molecule has 0 aromatic carbocycles. The summed E-state index contributed by atoms with van der Waals surface area (Å²) >= 11 is 6.13. The van der Waals surface area contributed by atoms with Gasteiger partial charge in [-0.15, -0.1) is 15.9 Å². The van der Waals surface area contributed by atoms with Gasteiger partial charge in [0.15, 0.2) is 6.35 Å². The lowest BCUT2D eigenvalue weighted by molar-refractivity contribution is -0.199. The molecule has 0 radical (unpaired) electrons. The first-order valence-corrected chi connectivity index (χ1v) is 18.3. The van der Waals surface area contributed by atoms with Crippen molar-refractivity contribution in [1.82, 2.24) is 30.9 Å². The molecule has 254 valence electrons. The Morgan fingerprint density at radius 2 is 1.57 bits per heavy atom. The normalized spacial score (nSPS) is 44.1. The van der Waals surface area contributed by atoms with Gasteiger partial charge in [-0.3, -0.25) is 26.6 Å². The lowest BCUT2D eigenvalue weighted by Gasteiger charge is -2.44. The molecule has 3 aliphatic carbocycles. The van der Waals surface area contributed by atoms with Crippen LogP contribution in [0.15, 0.2) is 0 Å². The van der Waals surface area contributed by atoms with Gasteiger partial charge < -0.3 is 14.0 Å². The smallest absolute Gasteiger partial charge is 0.411 e. The Morgan fingerprint density at radius 3 is 2.27 bits per heavy atom. The average Bonchev–Trinajstić information content (AvgIpc) is 3.36. The van der Waals surface area contributed by atoms with Crippen LogP contribution in [0.5, 0.6) is 0 Å². The number of hydrogen-bond donors (Lipinski definition) is 5. The molecule has 3 saturated carbocycles. The van der Waals surface area contributed by atoms with Crippen molar-refractivity contribution in [2.45, 2.75) is 143 Å². The van der Waals surface area contributed by atoms with Crippen molar-refractivity contribution in [3.05, 3.63) is 0 Å². The van der Waals surface area contributed by atoms with Crippen molar-refractivity contribution < 1.29 is 35.8 Å². The van der Waals surface area contributed by atoms with E-state index in [1.807, 2.05) is 0 Å². The van der Waals surface area contributed by atoms with E-state index in [0.717, 1.165) is 19.3 Å². The summed E-state index contributed by atoms with van der Waals surface area (Å²) in [5.41, 5.74) is 0. The molecular formula is C28H47ClF4N6O4S. The molecule has 0 spiro atoms. The fourth-order valence-corrected chi connectivity index (χ4v) is 10.7. The molecule has 44 heavy (non-hydrogen) atoms. The van der Waals surface area contributed by atoms with Crippen LogP contribution in [-0.4, -0.2) is 94.8 Å². The summed E-state index contributed by atoms with van der Waals surface area (Å²) in [6.45, 7) is -0.658. The summed E-state index contributed by atoms with van der Waals surface area (Å²) < 4.78 is 93.1. The molecule has 6 rings (SSSR count). The van der Waals surface area contributed by atoms with Crippen molar-refractivity contribution in [3.63, 3.8) is 0 Å². The van der Waals surface area contributed by atoms with E-state index >= 15 is 0 Å². The van der Waals surface area contributed by atoms with E-state index in [-0.39, 0.29) is 23.4 Å². The maximum Gasteiger partial charge on any atom is 0.411 e. The van der Waals surface area contributed by atoms with Crippen LogP contribution >= 0.6 is 11.6 Å². The molecule has 0 bridgehead atoms. The van der Waals surface area contributed by atoms with Gasteiger partial charge in [-0.05, 0) is 69.6 Å². The third-order valence-corrected chi connectivity index (χ3v) is 13.4. The number of rotatable bonds is 8.